The molecule has 0 amide bonds. The highest BCUT2D eigenvalue weighted by atomic mass is 16.5. The van der Waals surface area contributed by atoms with Gasteiger partial charge < -0.3 is 15.0 Å². The van der Waals surface area contributed by atoms with E-state index in [4.69, 9.17) is 15.0 Å². The standard InChI is InChI=1S/C16H22N2O2/c1-5-11(6-2)15-14(16(17)20-18-15)12-8-7-10(3)13(9-12)19-4/h7-9,11H,5-6,17H2,1-4H3. The maximum Gasteiger partial charge on any atom is 0.230 e. The lowest BCUT2D eigenvalue weighted by Crippen LogP contribution is -1.99. The number of nitrogens with zero attached hydrogens (tertiary/aromatic N) is 1. The number of aromatic nitrogens is 1. The van der Waals surface area contributed by atoms with Gasteiger partial charge in [0, 0.05) is 5.92 Å². The molecule has 4 nitrogen and oxygen atoms in total. The van der Waals surface area contributed by atoms with Crippen molar-refractivity contribution >= 4 is 5.88 Å². The summed E-state index contributed by atoms with van der Waals surface area (Å²) in [6, 6.07) is 6.05. The Morgan fingerprint density at radius 1 is 1.30 bits per heavy atom. The molecule has 0 spiro atoms. The third-order valence-corrected chi connectivity index (χ3v) is 3.81. The number of anilines is 1. The zero-order chi connectivity index (χ0) is 14.7. The number of benzene rings is 1. The third-order valence-electron chi connectivity index (χ3n) is 3.81. The van der Waals surface area contributed by atoms with Crippen molar-refractivity contribution in [1.82, 2.24) is 5.16 Å². The lowest BCUT2D eigenvalue weighted by atomic mass is 9.92. The zero-order valence-electron chi connectivity index (χ0n) is 12.6. The van der Waals surface area contributed by atoms with E-state index in [9.17, 15) is 0 Å². The van der Waals surface area contributed by atoms with E-state index in [2.05, 4.69) is 19.0 Å². The summed E-state index contributed by atoms with van der Waals surface area (Å²) in [6.45, 7) is 6.32. The molecular formula is C16H22N2O2. The van der Waals surface area contributed by atoms with Crippen molar-refractivity contribution in [1.29, 1.82) is 0 Å². The van der Waals surface area contributed by atoms with Crippen LogP contribution in [-0.4, -0.2) is 12.3 Å². The van der Waals surface area contributed by atoms with Gasteiger partial charge in [0.1, 0.15) is 5.75 Å². The van der Waals surface area contributed by atoms with Gasteiger partial charge in [0.15, 0.2) is 0 Å². The molecule has 0 bridgehead atoms. The molecule has 0 aliphatic heterocycles. The smallest absolute Gasteiger partial charge is 0.230 e. The average Bonchev–Trinajstić information content (AvgIpc) is 2.83. The molecule has 0 atom stereocenters. The van der Waals surface area contributed by atoms with E-state index in [1.165, 1.54) is 0 Å². The third kappa shape index (κ3) is 2.50. The van der Waals surface area contributed by atoms with Crippen LogP contribution in [0.5, 0.6) is 5.75 Å². The summed E-state index contributed by atoms with van der Waals surface area (Å²) < 4.78 is 10.6. The molecule has 2 rings (SSSR count). The minimum absolute atomic E-state index is 0.360. The van der Waals surface area contributed by atoms with Crippen LogP contribution in [0.25, 0.3) is 11.1 Å². The Morgan fingerprint density at radius 3 is 2.60 bits per heavy atom. The van der Waals surface area contributed by atoms with E-state index in [0.29, 0.717) is 11.8 Å². The SMILES string of the molecule is CCC(CC)c1noc(N)c1-c1ccc(C)c(OC)c1. The van der Waals surface area contributed by atoms with Crippen LogP contribution in [0.4, 0.5) is 5.88 Å². The number of nitrogen functional groups attached to an aromatic ring is 1. The highest BCUT2D eigenvalue weighted by molar-refractivity contribution is 5.76. The highest BCUT2D eigenvalue weighted by Crippen LogP contribution is 2.38. The largest absolute Gasteiger partial charge is 0.496 e. The fourth-order valence-electron chi connectivity index (χ4n) is 2.54. The first kappa shape index (κ1) is 14.4. The van der Waals surface area contributed by atoms with Crippen molar-refractivity contribution in [3.63, 3.8) is 0 Å². The monoisotopic (exact) mass is 274 g/mol. The van der Waals surface area contributed by atoms with Gasteiger partial charge in [-0.1, -0.05) is 31.1 Å². The number of ether oxygens (including phenoxy) is 1. The van der Waals surface area contributed by atoms with Crippen molar-refractivity contribution in [2.24, 2.45) is 0 Å². The predicted octanol–water partition coefficient (Wildman–Crippen LogP) is 4.14. The van der Waals surface area contributed by atoms with Gasteiger partial charge in [-0.05, 0) is 37.0 Å². The second kappa shape index (κ2) is 5.99. The van der Waals surface area contributed by atoms with Crippen molar-refractivity contribution < 1.29 is 9.26 Å². The summed E-state index contributed by atoms with van der Waals surface area (Å²) in [5, 5.41) is 4.17. The molecule has 0 radical (unpaired) electrons. The summed E-state index contributed by atoms with van der Waals surface area (Å²) in [5.74, 6) is 1.58. The molecule has 1 aromatic carbocycles. The van der Waals surface area contributed by atoms with Gasteiger partial charge in [0.05, 0.1) is 18.4 Å². The molecule has 0 saturated carbocycles. The molecule has 2 aromatic rings. The molecule has 1 aromatic heterocycles. The second-order valence-corrected chi connectivity index (χ2v) is 5.00. The Bertz CT molecular complexity index is 586. The first-order chi connectivity index (χ1) is 9.62. The van der Waals surface area contributed by atoms with E-state index < -0.39 is 0 Å². The molecule has 20 heavy (non-hydrogen) atoms. The Kier molecular flexibility index (Phi) is 4.32. The number of methoxy groups -OCH3 is 1. The lowest BCUT2D eigenvalue weighted by molar-refractivity contribution is 0.412. The zero-order valence-corrected chi connectivity index (χ0v) is 12.6. The summed E-state index contributed by atoms with van der Waals surface area (Å²) in [4.78, 5) is 0. The number of hydrogen-bond donors (Lipinski definition) is 1. The molecule has 0 fully saturated rings. The van der Waals surface area contributed by atoms with Gasteiger partial charge in [0.25, 0.3) is 0 Å². The Balaban J connectivity index is 2.54. The Labute approximate surface area is 119 Å². The van der Waals surface area contributed by atoms with Crippen LogP contribution in [0.3, 0.4) is 0 Å². The van der Waals surface area contributed by atoms with E-state index in [1.807, 2.05) is 25.1 Å². The van der Waals surface area contributed by atoms with Crippen molar-refractivity contribution in [2.45, 2.75) is 39.5 Å². The fraction of sp³-hybridized carbons (Fsp3) is 0.438. The van der Waals surface area contributed by atoms with Crippen LogP contribution in [0.2, 0.25) is 0 Å². The normalized spacial score (nSPS) is 11.1. The fourth-order valence-corrected chi connectivity index (χ4v) is 2.54. The first-order valence-corrected chi connectivity index (χ1v) is 7.02. The van der Waals surface area contributed by atoms with Gasteiger partial charge in [0.2, 0.25) is 5.88 Å². The van der Waals surface area contributed by atoms with Crippen LogP contribution < -0.4 is 10.5 Å². The second-order valence-electron chi connectivity index (χ2n) is 5.00. The molecule has 2 N–H and O–H groups in total. The maximum absolute atomic E-state index is 5.98. The van der Waals surface area contributed by atoms with Gasteiger partial charge in [-0.2, -0.15) is 0 Å². The predicted molar refractivity (Wildman–Crippen MR) is 81.0 cm³/mol. The average molecular weight is 274 g/mol. The van der Waals surface area contributed by atoms with Gasteiger partial charge in [-0.25, -0.2) is 0 Å². The van der Waals surface area contributed by atoms with Crippen molar-refractivity contribution in [2.75, 3.05) is 12.8 Å². The molecule has 4 heteroatoms. The van der Waals surface area contributed by atoms with E-state index in [1.54, 1.807) is 7.11 Å². The molecule has 108 valence electrons. The molecule has 0 unspecified atom stereocenters. The van der Waals surface area contributed by atoms with Crippen LogP contribution in [0.15, 0.2) is 22.7 Å². The van der Waals surface area contributed by atoms with Crippen LogP contribution in [0.1, 0.15) is 43.9 Å². The quantitative estimate of drug-likeness (QED) is 0.890. The summed E-state index contributed by atoms with van der Waals surface area (Å²) in [6.07, 6.45) is 2.02. The lowest BCUT2D eigenvalue weighted by Gasteiger charge is -2.12. The van der Waals surface area contributed by atoms with E-state index in [-0.39, 0.29) is 0 Å². The summed E-state index contributed by atoms with van der Waals surface area (Å²) in [7, 11) is 1.67. The Hall–Kier alpha value is -1.97. The minimum Gasteiger partial charge on any atom is -0.496 e. The van der Waals surface area contributed by atoms with Gasteiger partial charge in [-0.3, -0.25) is 0 Å². The van der Waals surface area contributed by atoms with Crippen LogP contribution in [-0.2, 0) is 0 Å². The summed E-state index contributed by atoms with van der Waals surface area (Å²) in [5.41, 5.74) is 9.91. The maximum atomic E-state index is 5.98. The number of nitrogens with two attached hydrogens (primary N) is 1. The molecule has 0 saturated heterocycles. The topological polar surface area (TPSA) is 61.3 Å². The van der Waals surface area contributed by atoms with Gasteiger partial charge in [-0.15, -0.1) is 0 Å². The molecular weight excluding hydrogens is 252 g/mol. The van der Waals surface area contributed by atoms with Crippen LogP contribution in [0, 0.1) is 6.92 Å². The van der Waals surface area contributed by atoms with Crippen molar-refractivity contribution in [3.05, 3.63) is 29.5 Å². The highest BCUT2D eigenvalue weighted by Gasteiger charge is 2.22. The van der Waals surface area contributed by atoms with Crippen LogP contribution >= 0.6 is 0 Å². The minimum atomic E-state index is 0.360. The Morgan fingerprint density at radius 2 is 2.00 bits per heavy atom. The molecule has 0 aliphatic carbocycles. The van der Waals surface area contributed by atoms with Gasteiger partial charge >= 0.3 is 0 Å². The number of aryl methyl sites for hydroxylation is 1. The molecule has 0 aliphatic rings. The summed E-state index contributed by atoms with van der Waals surface area (Å²) >= 11 is 0. The molecule has 1 heterocycles. The van der Waals surface area contributed by atoms with E-state index >= 15 is 0 Å². The number of rotatable bonds is 5. The number of hydrogen-bond acceptors (Lipinski definition) is 4. The first-order valence-electron chi connectivity index (χ1n) is 7.02. The van der Waals surface area contributed by atoms with E-state index in [0.717, 1.165) is 41.0 Å². The van der Waals surface area contributed by atoms with Crippen molar-refractivity contribution in [3.8, 4) is 16.9 Å².